The smallest absolute Gasteiger partial charge is 0.330 e. The van der Waals surface area contributed by atoms with E-state index in [1.54, 1.807) is 13.2 Å². The summed E-state index contributed by atoms with van der Waals surface area (Å²) in [6.07, 6.45) is 15.0. The summed E-state index contributed by atoms with van der Waals surface area (Å²) in [6.45, 7) is 19.9. The summed E-state index contributed by atoms with van der Waals surface area (Å²) in [7, 11) is 1.66. The highest BCUT2D eigenvalue weighted by molar-refractivity contribution is 5.87. The summed E-state index contributed by atoms with van der Waals surface area (Å²) in [4.78, 5) is 13.0. The number of benzene rings is 1. The quantitative estimate of drug-likeness (QED) is 0.200. The molecule has 0 aromatic heterocycles. The zero-order valence-corrected chi connectivity index (χ0v) is 28.6. The number of aliphatic hydroxyl groups excluding tert-OH is 1. The summed E-state index contributed by atoms with van der Waals surface area (Å²) in [5.74, 6) is 3.48. The van der Waals surface area contributed by atoms with Gasteiger partial charge in [0, 0.05) is 11.5 Å². The molecule has 5 aliphatic rings. The van der Waals surface area contributed by atoms with Crippen molar-refractivity contribution in [2.24, 2.45) is 56.7 Å². The van der Waals surface area contributed by atoms with E-state index in [4.69, 9.17) is 9.47 Å². The molecule has 242 valence electrons. The van der Waals surface area contributed by atoms with Gasteiger partial charge in [0.1, 0.15) is 5.75 Å². The highest BCUT2D eigenvalue weighted by Gasteiger charge is 2.71. The van der Waals surface area contributed by atoms with Crippen LogP contribution >= 0.6 is 0 Å². The number of aliphatic hydroxyl groups is 1. The number of rotatable bonds is 6. The third-order valence-electron chi connectivity index (χ3n) is 15.2. The number of hydrogen-bond acceptors (Lipinski definition) is 4. The molecule has 6 rings (SSSR count). The Morgan fingerprint density at radius 1 is 0.909 bits per heavy atom. The van der Waals surface area contributed by atoms with Crippen molar-refractivity contribution in [3.63, 3.8) is 0 Å². The first-order chi connectivity index (χ1) is 20.7. The second kappa shape index (κ2) is 11.0. The molecule has 0 amide bonds. The van der Waals surface area contributed by atoms with Crippen molar-refractivity contribution in [1.29, 1.82) is 0 Å². The van der Waals surface area contributed by atoms with Gasteiger partial charge in [-0.25, -0.2) is 4.79 Å². The zero-order chi connectivity index (χ0) is 31.7. The van der Waals surface area contributed by atoms with Gasteiger partial charge < -0.3 is 14.6 Å². The van der Waals surface area contributed by atoms with Crippen LogP contribution in [0.4, 0.5) is 0 Å². The van der Waals surface area contributed by atoms with Crippen LogP contribution in [0.1, 0.15) is 111 Å². The van der Waals surface area contributed by atoms with E-state index in [0.717, 1.165) is 43.4 Å². The van der Waals surface area contributed by atoms with E-state index in [9.17, 15) is 9.90 Å². The van der Waals surface area contributed by atoms with Gasteiger partial charge in [-0.15, -0.1) is 0 Å². The summed E-state index contributed by atoms with van der Waals surface area (Å²) >= 11 is 0. The first kappa shape index (κ1) is 31.9. The second-order valence-electron chi connectivity index (χ2n) is 17.1. The van der Waals surface area contributed by atoms with E-state index in [1.165, 1.54) is 37.7 Å². The van der Waals surface area contributed by atoms with E-state index < -0.39 is 0 Å². The van der Waals surface area contributed by atoms with Crippen LogP contribution < -0.4 is 4.74 Å². The molecule has 1 N–H and O–H groups in total. The molecule has 0 radical (unpaired) electrons. The lowest BCUT2D eigenvalue weighted by Gasteiger charge is -2.73. The zero-order valence-electron chi connectivity index (χ0n) is 28.6. The van der Waals surface area contributed by atoms with Crippen molar-refractivity contribution in [3.05, 3.63) is 48.1 Å². The molecule has 1 aromatic rings. The molecule has 44 heavy (non-hydrogen) atoms. The molecule has 0 heterocycles. The van der Waals surface area contributed by atoms with Crippen LogP contribution in [0.25, 0.3) is 6.08 Å². The fraction of sp³-hybridized carbons (Fsp3) is 0.725. The second-order valence-corrected chi connectivity index (χ2v) is 17.1. The molecule has 0 aliphatic heterocycles. The van der Waals surface area contributed by atoms with Crippen molar-refractivity contribution < 1.29 is 19.4 Å². The standard InChI is InChI=1S/C40H58O4/c1-26(2)29-17-22-40(25-44-34(42)16-11-27-9-12-28(43-8)13-10-27)24-23-38(6)30(35(29)40)14-15-32-37(5)20-19-33(41)36(3,4)31(37)18-21-39(32,38)7/h9-13,16,29-33,35,41H,1,14-15,17-25H2,2-8H3/b16-11+. The molecular formula is C40H58O4. The minimum Gasteiger partial charge on any atom is -0.497 e. The van der Waals surface area contributed by atoms with E-state index in [2.05, 4.69) is 48.1 Å². The van der Waals surface area contributed by atoms with Crippen LogP contribution in [0.3, 0.4) is 0 Å². The third-order valence-corrected chi connectivity index (χ3v) is 15.2. The van der Waals surface area contributed by atoms with E-state index in [-0.39, 0.29) is 39.1 Å². The van der Waals surface area contributed by atoms with Crippen molar-refractivity contribution in [2.45, 2.75) is 112 Å². The van der Waals surface area contributed by atoms with Crippen LogP contribution in [-0.2, 0) is 9.53 Å². The van der Waals surface area contributed by atoms with Gasteiger partial charge in [-0.3, -0.25) is 0 Å². The molecule has 5 saturated carbocycles. The molecular weight excluding hydrogens is 544 g/mol. The number of carbonyl (C=O) groups excluding carboxylic acids is 1. The summed E-state index contributed by atoms with van der Waals surface area (Å²) in [6, 6.07) is 7.72. The number of ether oxygens (including phenoxy) is 2. The van der Waals surface area contributed by atoms with Crippen molar-refractivity contribution in [2.75, 3.05) is 13.7 Å². The van der Waals surface area contributed by atoms with Crippen LogP contribution in [0.5, 0.6) is 5.75 Å². The van der Waals surface area contributed by atoms with Crippen LogP contribution in [0.2, 0.25) is 0 Å². The molecule has 1 aromatic carbocycles. The first-order valence-electron chi connectivity index (χ1n) is 17.5. The molecule has 10 unspecified atom stereocenters. The average molecular weight is 603 g/mol. The number of esters is 1. The summed E-state index contributed by atoms with van der Waals surface area (Å²) in [5, 5.41) is 11.0. The predicted octanol–water partition coefficient (Wildman–Crippen LogP) is 9.27. The molecule has 5 aliphatic carbocycles. The van der Waals surface area contributed by atoms with Gasteiger partial charge in [0.2, 0.25) is 0 Å². The Morgan fingerprint density at radius 2 is 1.64 bits per heavy atom. The lowest BCUT2D eigenvalue weighted by molar-refractivity contribution is -0.249. The Balaban J connectivity index is 1.25. The minimum absolute atomic E-state index is 0.0179. The van der Waals surface area contributed by atoms with Gasteiger partial charge in [0.25, 0.3) is 0 Å². The fourth-order valence-electron chi connectivity index (χ4n) is 12.7. The highest BCUT2D eigenvalue weighted by atomic mass is 16.5. The number of fused-ring (bicyclic) bond motifs is 7. The maximum Gasteiger partial charge on any atom is 0.330 e. The molecule has 0 bridgehead atoms. The highest BCUT2D eigenvalue weighted by Crippen LogP contribution is 2.77. The third kappa shape index (κ3) is 4.66. The molecule has 0 saturated heterocycles. The molecule has 0 spiro atoms. The normalized spacial score (nSPS) is 44.2. The molecule has 10 atom stereocenters. The van der Waals surface area contributed by atoms with Gasteiger partial charge in [-0.2, -0.15) is 0 Å². The Labute approximate surface area is 267 Å². The molecule has 4 heteroatoms. The number of hydrogen-bond donors (Lipinski definition) is 1. The largest absolute Gasteiger partial charge is 0.497 e. The maximum absolute atomic E-state index is 13.0. The summed E-state index contributed by atoms with van der Waals surface area (Å²) < 4.78 is 11.4. The van der Waals surface area contributed by atoms with E-state index in [0.29, 0.717) is 36.2 Å². The van der Waals surface area contributed by atoms with Gasteiger partial charge in [0.05, 0.1) is 19.8 Å². The number of allylic oxidation sites excluding steroid dienone is 1. The van der Waals surface area contributed by atoms with Gasteiger partial charge >= 0.3 is 5.97 Å². The molecule has 4 nitrogen and oxygen atoms in total. The van der Waals surface area contributed by atoms with Crippen LogP contribution in [0.15, 0.2) is 42.5 Å². The first-order valence-corrected chi connectivity index (χ1v) is 17.5. The number of methoxy groups -OCH3 is 1. The number of carbonyl (C=O) groups is 1. The van der Waals surface area contributed by atoms with Crippen molar-refractivity contribution >= 4 is 12.0 Å². The topological polar surface area (TPSA) is 55.8 Å². The van der Waals surface area contributed by atoms with Gasteiger partial charge in [0.15, 0.2) is 0 Å². The summed E-state index contributed by atoms with van der Waals surface area (Å²) in [5.41, 5.74) is 3.13. The van der Waals surface area contributed by atoms with E-state index >= 15 is 0 Å². The van der Waals surface area contributed by atoms with Crippen molar-refractivity contribution in [1.82, 2.24) is 0 Å². The van der Waals surface area contributed by atoms with Crippen molar-refractivity contribution in [3.8, 4) is 5.75 Å². The Bertz CT molecular complexity index is 1290. The Hall–Kier alpha value is -2.07. The minimum atomic E-state index is -0.245. The fourth-order valence-corrected chi connectivity index (χ4v) is 12.7. The Morgan fingerprint density at radius 3 is 2.32 bits per heavy atom. The SMILES string of the molecule is C=C(C)C1CCC2(COC(=O)/C=C/c3ccc(OC)cc3)CCC3(C)C(CCC4C5(C)CCC(O)C(C)(C)C5CCC43C)C12. The lowest BCUT2D eigenvalue weighted by Crippen LogP contribution is -2.66. The lowest BCUT2D eigenvalue weighted by atomic mass is 9.32. The Kier molecular flexibility index (Phi) is 7.99. The van der Waals surface area contributed by atoms with Crippen LogP contribution in [-0.4, -0.2) is 30.9 Å². The molecule has 5 fully saturated rings. The predicted molar refractivity (Wildman–Crippen MR) is 178 cm³/mol. The monoisotopic (exact) mass is 602 g/mol. The van der Waals surface area contributed by atoms with Crippen LogP contribution in [0, 0.1) is 56.7 Å². The van der Waals surface area contributed by atoms with E-state index in [1.807, 2.05) is 30.3 Å². The van der Waals surface area contributed by atoms with Gasteiger partial charge in [-0.05, 0) is 146 Å². The van der Waals surface area contributed by atoms with Gasteiger partial charge in [-0.1, -0.05) is 58.9 Å². The average Bonchev–Trinajstić information content (AvgIpc) is 3.38. The maximum atomic E-state index is 13.0.